The molecule has 0 aliphatic rings. The lowest BCUT2D eigenvalue weighted by atomic mass is 10.1. The quantitative estimate of drug-likeness (QED) is 0.691. The van der Waals surface area contributed by atoms with Crippen LogP contribution in [0.5, 0.6) is 5.75 Å². The fraction of sp³-hybridized carbons (Fsp3) is 0.150. The largest absolute Gasteiger partial charge is 0.489 e. The van der Waals surface area contributed by atoms with Crippen LogP contribution in [0.3, 0.4) is 0 Å². The second kappa shape index (κ2) is 8.11. The van der Waals surface area contributed by atoms with Crippen molar-refractivity contribution in [1.29, 1.82) is 0 Å². The van der Waals surface area contributed by atoms with Crippen LogP contribution < -0.4 is 10.3 Å². The van der Waals surface area contributed by atoms with Gasteiger partial charge in [0.2, 0.25) is 0 Å². The number of benzene rings is 2. The van der Waals surface area contributed by atoms with Crippen LogP contribution in [0, 0.1) is 0 Å². The molecule has 0 spiro atoms. The molecule has 1 N–H and O–H groups in total. The molecule has 0 saturated heterocycles. The van der Waals surface area contributed by atoms with Gasteiger partial charge in [0.15, 0.2) is 0 Å². The zero-order chi connectivity index (χ0) is 18.4. The molecule has 0 amide bonds. The van der Waals surface area contributed by atoms with Crippen molar-refractivity contribution >= 4 is 5.97 Å². The Labute approximate surface area is 150 Å². The predicted octanol–water partition coefficient (Wildman–Crippen LogP) is 3.19. The lowest BCUT2D eigenvalue weighted by molar-refractivity contribution is 0.0524. The number of rotatable bonds is 6. The molecule has 0 aliphatic carbocycles. The molecule has 0 fully saturated rings. The Hall–Kier alpha value is -3.41. The average molecular weight is 350 g/mol. The van der Waals surface area contributed by atoms with Gasteiger partial charge in [0.1, 0.15) is 17.9 Å². The van der Waals surface area contributed by atoms with Gasteiger partial charge in [0, 0.05) is 5.56 Å². The van der Waals surface area contributed by atoms with Crippen LogP contribution in [0.15, 0.2) is 65.5 Å². The molecule has 0 aliphatic heterocycles. The summed E-state index contributed by atoms with van der Waals surface area (Å²) in [5.41, 5.74) is 1.66. The summed E-state index contributed by atoms with van der Waals surface area (Å²) in [6, 6.07) is 18.6. The van der Waals surface area contributed by atoms with Crippen LogP contribution in [0.1, 0.15) is 22.8 Å². The zero-order valence-electron chi connectivity index (χ0n) is 14.3. The fourth-order valence-corrected chi connectivity index (χ4v) is 2.38. The first-order chi connectivity index (χ1) is 12.7. The maximum absolute atomic E-state index is 11.8. The van der Waals surface area contributed by atoms with Crippen LogP contribution >= 0.6 is 0 Å². The summed E-state index contributed by atoms with van der Waals surface area (Å²) in [6.45, 7) is 2.36. The second-order valence-corrected chi connectivity index (χ2v) is 5.52. The maximum atomic E-state index is 11.8. The molecular formula is C20H18N2O4. The average Bonchev–Trinajstić information content (AvgIpc) is 2.68. The van der Waals surface area contributed by atoms with Gasteiger partial charge in [-0.25, -0.2) is 9.89 Å². The van der Waals surface area contributed by atoms with Crippen LogP contribution in [0.25, 0.3) is 11.3 Å². The highest BCUT2D eigenvalue weighted by Gasteiger charge is 2.14. The summed E-state index contributed by atoms with van der Waals surface area (Å²) in [5.74, 6) is 0.0489. The molecule has 0 bridgehead atoms. The summed E-state index contributed by atoms with van der Waals surface area (Å²) in [4.78, 5) is 23.6. The molecule has 132 valence electrons. The Balaban J connectivity index is 1.75. The number of aromatic amines is 1. The summed E-state index contributed by atoms with van der Waals surface area (Å²) in [7, 11) is 0. The highest BCUT2D eigenvalue weighted by Crippen LogP contribution is 2.21. The molecule has 0 radical (unpaired) electrons. The van der Waals surface area contributed by atoms with E-state index in [4.69, 9.17) is 9.47 Å². The van der Waals surface area contributed by atoms with Gasteiger partial charge in [-0.1, -0.05) is 30.3 Å². The Morgan fingerprint density at radius 3 is 2.50 bits per heavy atom. The lowest BCUT2D eigenvalue weighted by Crippen LogP contribution is -2.21. The van der Waals surface area contributed by atoms with E-state index in [-0.39, 0.29) is 12.2 Å². The first kappa shape index (κ1) is 17.4. The summed E-state index contributed by atoms with van der Waals surface area (Å²) in [6.07, 6.45) is 0. The third-order valence-corrected chi connectivity index (χ3v) is 3.70. The van der Waals surface area contributed by atoms with Crippen molar-refractivity contribution in [2.45, 2.75) is 13.5 Å². The monoisotopic (exact) mass is 350 g/mol. The standard InChI is InChI=1S/C20H18N2O4/c1-2-25-20(24)17-12-18(21-22-19(17)23)15-8-10-16(11-9-15)26-13-14-6-4-3-5-7-14/h3-12H,2,13H2,1H3,(H,22,23). The Morgan fingerprint density at radius 1 is 1.08 bits per heavy atom. The van der Waals surface area contributed by atoms with Gasteiger partial charge in [0.05, 0.1) is 12.3 Å². The van der Waals surface area contributed by atoms with Crippen molar-refractivity contribution in [3.05, 3.63) is 82.1 Å². The molecule has 1 heterocycles. The van der Waals surface area contributed by atoms with E-state index in [9.17, 15) is 9.59 Å². The van der Waals surface area contributed by atoms with Crippen molar-refractivity contribution < 1.29 is 14.3 Å². The van der Waals surface area contributed by atoms with E-state index >= 15 is 0 Å². The van der Waals surface area contributed by atoms with E-state index in [1.165, 1.54) is 6.07 Å². The molecule has 3 aromatic rings. The normalized spacial score (nSPS) is 10.3. The van der Waals surface area contributed by atoms with E-state index in [0.717, 1.165) is 11.1 Å². The van der Waals surface area contributed by atoms with Crippen molar-refractivity contribution in [3.8, 4) is 17.0 Å². The van der Waals surface area contributed by atoms with Crippen molar-refractivity contribution in [2.75, 3.05) is 6.61 Å². The molecule has 6 heteroatoms. The third kappa shape index (κ3) is 4.16. The van der Waals surface area contributed by atoms with Crippen LogP contribution in [0.4, 0.5) is 0 Å². The summed E-state index contributed by atoms with van der Waals surface area (Å²) in [5, 5.41) is 6.32. The van der Waals surface area contributed by atoms with Crippen molar-refractivity contribution in [1.82, 2.24) is 10.2 Å². The highest BCUT2D eigenvalue weighted by atomic mass is 16.5. The van der Waals surface area contributed by atoms with Crippen molar-refractivity contribution in [3.63, 3.8) is 0 Å². The van der Waals surface area contributed by atoms with Gasteiger partial charge < -0.3 is 9.47 Å². The molecule has 1 aromatic heterocycles. The number of ether oxygens (including phenoxy) is 2. The van der Waals surface area contributed by atoms with Crippen LogP contribution in [-0.4, -0.2) is 22.8 Å². The first-order valence-corrected chi connectivity index (χ1v) is 8.21. The molecule has 2 aromatic carbocycles. The molecule has 0 saturated carbocycles. The highest BCUT2D eigenvalue weighted by molar-refractivity contribution is 5.90. The lowest BCUT2D eigenvalue weighted by Gasteiger charge is -2.08. The number of hydrogen-bond acceptors (Lipinski definition) is 5. The number of H-pyrrole nitrogens is 1. The number of aromatic nitrogens is 2. The fourth-order valence-electron chi connectivity index (χ4n) is 2.38. The number of carbonyl (C=O) groups is 1. The van der Waals surface area contributed by atoms with E-state index in [0.29, 0.717) is 18.1 Å². The first-order valence-electron chi connectivity index (χ1n) is 8.21. The number of carbonyl (C=O) groups excluding carboxylic acids is 1. The Bertz CT molecular complexity index is 934. The Kier molecular flexibility index (Phi) is 5.43. The molecule has 0 unspecified atom stereocenters. The van der Waals surface area contributed by atoms with Gasteiger partial charge >= 0.3 is 5.97 Å². The van der Waals surface area contributed by atoms with E-state index < -0.39 is 11.5 Å². The second-order valence-electron chi connectivity index (χ2n) is 5.52. The maximum Gasteiger partial charge on any atom is 0.343 e. The van der Waals surface area contributed by atoms with Crippen molar-refractivity contribution in [2.24, 2.45) is 0 Å². The minimum absolute atomic E-state index is 0.0683. The predicted molar refractivity (Wildman–Crippen MR) is 97.0 cm³/mol. The minimum Gasteiger partial charge on any atom is -0.489 e. The molecule has 6 nitrogen and oxygen atoms in total. The van der Waals surface area contributed by atoms with Crippen LogP contribution in [-0.2, 0) is 11.3 Å². The smallest absolute Gasteiger partial charge is 0.343 e. The van der Waals surface area contributed by atoms with E-state index in [1.54, 1.807) is 6.92 Å². The van der Waals surface area contributed by atoms with Gasteiger partial charge in [0.25, 0.3) is 5.56 Å². The number of nitrogens with one attached hydrogen (secondary N) is 1. The molecule has 3 rings (SSSR count). The van der Waals surface area contributed by atoms with Gasteiger partial charge in [-0.2, -0.15) is 5.10 Å². The molecule has 0 atom stereocenters. The van der Waals surface area contributed by atoms with E-state index in [1.807, 2.05) is 54.6 Å². The molecular weight excluding hydrogens is 332 g/mol. The van der Waals surface area contributed by atoms with Gasteiger partial charge in [-0.15, -0.1) is 0 Å². The SMILES string of the molecule is CCOC(=O)c1cc(-c2ccc(OCc3ccccc3)cc2)n[nH]c1=O. The van der Waals surface area contributed by atoms with Crippen LogP contribution in [0.2, 0.25) is 0 Å². The van der Waals surface area contributed by atoms with E-state index in [2.05, 4.69) is 10.2 Å². The molecule has 26 heavy (non-hydrogen) atoms. The summed E-state index contributed by atoms with van der Waals surface area (Å²) < 4.78 is 10.6. The van der Waals surface area contributed by atoms with Gasteiger partial charge in [-0.3, -0.25) is 4.79 Å². The minimum atomic E-state index is -0.666. The Morgan fingerprint density at radius 2 is 1.81 bits per heavy atom. The number of hydrogen-bond donors (Lipinski definition) is 1. The van der Waals surface area contributed by atoms with Gasteiger partial charge in [-0.05, 0) is 42.8 Å². The summed E-state index contributed by atoms with van der Waals surface area (Å²) >= 11 is 0. The topological polar surface area (TPSA) is 81.3 Å². The zero-order valence-corrected chi connectivity index (χ0v) is 14.3. The number of nitrogens with zero attached hydrogens (tertiary/aromatic N) is 1. The third-order valence-electron chi connectivity index (χ3n) is 3.70. The number of esters is 1.